The Balaban J connectivity index is 1.21. The number of hydroxylamine groups is 1. The summed E-state index contributed by atoms with van der Waals surface area (Å²) < 4.78 is 13.6. The lowest BCUT2D eigenvalue weighted by Crippen LogP contribution is -2.61. The summed E-state index contributed by atoms with van der Waals surface area (Å²) >= 11 is 0. The fourth-order valence-electron chi connectivity index (χ4n) is 8.52. The number of piperidine rings is 1. The van der Waals surface area contributed by atoms with Crippen LogP contribution in [0.2, 0.25) is 0 Å². The number of carbonyl (C=O) groups is 3. The van der Waals surface area contributed by atoms with Crippen molar-refractivity contribution < 1.29 is 34.2 Å². The fourth-order valence-corrected chi connectivity index (χ4v) is 8.52. The lowest BCUT2D eigenvalue weighted by molar-refractivity contribution is -0.255. The Morgan fingerprint density at radius 1 is 0.836 bits per heavy atom. The van der Waals surface area contributed by atoms with Crippen molar-refractivity contribution in [2.75, 3.05) is 6.54 Å². The van der Waals surface area contributed by atoms with Gasteiger partial charge in [0.2, 0.25) is 17.7 Å². The molecule has 3 aliphatic rings. The molecule has 0 aromatic heterocycles. The Kier molecular flexibility index (Phi) is 13.8. The van der Waals surface area contributed by atoms with E-state index in [1.165, 1.54) is 19.3 Å². The van der Waals surface area contributed by atoms with Crippen molar-refractivity contribution in [3.8, 4) is 11.1 Å². The number of ether oxygens (including phenoxy) is 2. The third-order valence-electron chi connectivity index (χ3n) is 11.3. The highest BCUT2D eigenvalue weighted by Gasteiger charge is 2.44. The highest BCUT2D eigenvalue weighted by atomic mass is 16.7. The molecular weight excluding hydrogens is 697 g/mol. The fraction of sp³-hybridized carbons (Fsp3) is 0.523. The molecule has 3 fully saturated rings. The number of benzene rings is 3. The van der Waals surface area contributed by atoms with E-state index in [2.05, 4.69) is 27.7 Å². The second-order valence-electron chi connectivity index (χ2n) is 16.4. The van der Waals surface area contributed by atoms with Crippen LogP contribution >= 0.6 is 0 Å². The number of amides is 3. The second-order valence-corrected chi connectivity index (χ2v) is 16.4. The Morgan fingerprint density at radius 3 is 2.27 bits per heavy atom. The smallest absolute Gasteiger partial charge is 0.243 e. The molecule has 55 heavy (non-hydrogen) atoms. The SMILES string of the molecule is CC(C)(C)NC(=O)[C@H]1CC[C@H]2CCCC[C@H]2N1C[C@H]1C[C@@H](c2ccc(CO)cc2)O[C@@H](c2ccc(-c3ccccc3CNC(=O)CCCC(=O)NO)cc2)O1. The number of hydrogen-bond acceptors (Lipinski definition) is 8. The zero-order valence-electron chi connectivity index (χ0n) is 32.5. The normalized spacial score (nSPS) is 24.4. The highest BCUT2D eigenvalue weighted by molar-refractivity contribution is 5.82. The van der Waals surface area contributed by atoms with E-state index in [-0.39, 0.29) is 55.1 Å². The summed E-state index contributed by atoms with van der Waals surface area (Å²) in [7, 11) is 0. The van der Waals surface area contributed by atoms with Crippen molar-refractivity contribution in [2.45, 2.75) is 134 Å². The van der Waals surface area contributed by atoms with Gasteiger partial charge in [-0.2, -0.15) is 0 Å². The molecule has 0 spiro atoms. The number of fused-ring (bicyclic) bond motifs is 1. The van der Waals surface area contributed by atoms with E-state index in [1.807, 2.05) is 81.4 Å². The van der Waals surface area contributed by atoms with Gasteiger partial charge in [-0.05, 0) is 86.6 Å². The Bertz CT molecular complexity index is 1740. The lowest BCUT2D eigenvalue weighted by atomic mass is 9.75. The number of rotatable bonds is 13. The maximum atomic E-state index is 13.8. The summed E-state index contributed by atoms with van der Waals surface area (Å²) in [5.74, 6) is 0.0112. The quantitative estimate of drug-likeness (QED) is 0.0966. The van der Waals surface area contributed by atoms with Crippen molar-refractivity contribution in [1.82, 2.24) is 21.0 Å². The predicted molar refractivity (Wildman–Crippen MR) is 209 cm³/mol. The van der Waals surface area contributed by atoms with Gasteiger partial charge in [0.05, 0.1) is 24.9 Å². The van der Waals surface area contributed by atoms with Crippen LogP contribution in [0.15, 0.2) is 72.8 Å². The van der Waals surface area contributed by atoms with Gasteiger partial charge in [0, 0.05) is 49.5 Å². The van der Waals surface area contributed by atoms with Gasteiger partial charge < -0.3 is 25.2 Å². The summed E-state index contributed by atoms with van der Waals surface area (Å²) in [6.07, 6.45) is 6.83. The first-order valence-corrected chi connectivity index (χ1v) is 20.0. The van der Waals surface area contributed by atoms with Gasteiger partial charge in [0.15, 0.2) is 6.29 Å². The molecule has 3 amide bonds. The van der Waals surface area contributed by atoms with Crippen molar-refractivity contribution in [3.63, 3.8) is 0 Å². The van der Waals surface area contributed by atoms with E-state index in [9.17, 15) is 19.5 Å². The molecule has 3 aromatic rings. The molecule has 2 aliphatic heterocycles. The van der Waals surface area contributed by atoms with Crippen molar-refractivity contribution in [2.24, 2.45) is 5.92 Å². The van der Waals surface area contributed by atoms with E-state index < -0.39 is 12.2 Å². The molecule has 3 aromatic carbocycles. The third kappa shape index (κ3) is 10.8. The number of aliphatic hydroxyl groups is 1. The van der Waals surface area contributed by atoms with E-state index in [0.29, 0.717) is 37.9 Å². The molecule has 6 rings (SSSR count). The third-order valence-corrected chi connectivity index (χ3v) is 11.3. The molecular formula is C44H58N4O7. The second kappa shape index (κ2) is 18.7. The molecule has 296 valence electrons. The Hall–Kier alpha value is -4.13. The van der Waals surface area contributed by atoms with Crippen LogP contribution in [0.1, 0.15) is 120 Å². The van der Waals surface area contributed by atoms with Gasteiger partial charge >= 0.3 is 0 Å². The Labute approximate surface area is 325 Å². The van der Waals surface area contributed by atoms with Crippen LogP contribution < -0.4 is 16.1 Å². The number of aliphatic hydroxyl groups excluding tert-OH is 1. The average Bonchev–Trinajstić information content (AvgIpc) is 3.19. The van der Waals surface area contributed by atoms with Crippen LogP contribution in [0.25, 0.3) is 11.1 Å². The van der Waals surface area contributed by atoms with Crippen LogP contribution in [0.3, 0.4) is 0 Å². The summed E-state index contributed by atoms with van der Waals surface area (Å²) in [6, 6.07) is 24.2. The number of likely N-dealkylation sites (tertiary alicyclic amines) is 1. The Morgan fingerprint density at radius 2 is 1.55 bits per heavy atom. The zero-order valence-corrected chi connectivity index (χ0v) is 32.5. The van der Waals surface area contributed by atoms with E-state index >= 15 is 0 Å². The molecule has 2 heterocycles. The van der Waals surface area contributed by atoms with Crippen molar-refractivity contribution in [1.29, 1.82) is 0 Å². The van der Waals surface area contributed by atoms with Gasteiger partial charge in [0.25, 0.3) is 0 Å². The average molecular weight is 755 g/mol. The number of nitrogens with zero attached hydrogens (tertiary/aromatic N) is 1. The minimum absolute atomic E-state index is 0.0247. The van der Waals surface area contributed by atoms with Crippen LogP contribution in [0.5, 0.6) is 0 Å². The maximum Gasteiger partial charge on any atom is 0.243 e. The molecule has 5 N–H and O–H groups in total. The molecule has 1 aliphatic carbocycles. The lowest BCUT2D eigenvalue weighted by Gasteiger charge is -2.50. The molecule has 1 saturated carbocycles. The van der Waals surface area contributed by atoms with Crippen LogP contribution in [0, 0.1) is 5.92 Å². The van der Waals surface area contributed by atoms with E-state index in [4.69, 9.17) is 14.7 Å². The van der Waals surface area contributed by atoms with Gasteiger partial charge in [0.1, 0.15) is 0 Å². The first kappa shape index (κ1) is 40.5. The standard InChI is InChI=1S/C44H58N4O7/c1-44(2,3)46-42(52)38-24-23-31-9-5-7-12-37(31)48(38)27-35-25-39(32-17-15-29(28-49)16-18-32)55-43(54-35)33-21-19-30(20-22-33)36-11-6-4-10-34(36)26-45-40(50)13-8-14-41(51)47-53/h4,6,10-11,15-22,31,35,37-39,43,49,53H,5,7-9,12-14,23-28H2,1-3H3,(H,45,50)(H,46,52)(H,47,51)/t31-,35-,37-,38-,39+,43+/m1/s1. The summed E-state index contributed by atoms with van der Waals surface area (Å²) in [5.41, 5.74) is 6.96. The van der Waals surface area contributed by atoms with Crippen LogP contribution in [-0.2, 0) is 37.0 Å². The van der Waals surface area contributed by atoms with E-state index in [0.717, 1.165) is 52.6 Å². The van der Waals surface area contributed by atoms with Gasteiger partial charge in [-0.25, -0.2) is 5.48 Å². The molecule has 0 unspecified atom stereocenters. The molecule has 6 atom stereocenters. The number of carbonyl (C=O) groups excluding carboxylic acids is 3. The summed E-state index contributed by atoms with van der Waals surface area (Å²) in [6.45, 7) is 7.06. The van der Waals surface area contributed by atoms with Gasteiger partial charge in [-0.15, -0.1) is 0 Å². The summed E-state index contributed by atoms with van der Waals surface area (Å²) in [5, 5.41) is 24.6. The molecule has 0 bridgehead atoms. The molecule has 11 nitrogen and oxygen atoms in total. The summed E-state index contributed by atoms with van der Waals surface area (Å²) in [4.78, 5) is 40.0. The van der Waals surface area contributed by atoms with Gasteiger partial charge in [-0.3, -0.25) is 24.5 Å². The van der Waals surface area contributed by atoms with Crippen molar-refractivity contribution >= 4 is 17.7 Å². The largest absolute Gasteiger partial charge is 0.392 e. The van der Waals surface area contributed by atoms with Crippen molar-refractivity contribution in [3.05, 3.63) is 95.1 Å². The minimum atomic E-state index is -0.633. The highest BCUT2D eigenvalue weighted by Crippen LogP contribution is 2.42. The predicted octanol–water partition coefficient (Wildman–Crippen LogP) is 6.62. The first-order valence-electron chi connectivity index (χ1n) is 20.0. The molecule has 11 heteroatoms. The van der Waals surface area contributed by atoms with Crippen LogP contribution in [0.4, 0.5) is 0 Å². The number of nitrogens with one attached hydrogen (secondary N) is 3. The van der Waals surface area contributed by atoms with Crippen LogP contribution in [-0.4, -0.2) is 63.2 Å². The topological polar surface area (TPSA) is 149 Å². The van der Waals surface area contributed by atoms with E-state index in [1.54, 1.807) is 5.48 Å². The zero-order chi connectivity index (χ0) is 39.0. The first-order chi connectivity index (χ1) is 26.5. The van der Waals surface area contributed by atoms with Gasteiger partial charge in [-0.1, -0.05) is 85.6 Å². The minimum Gasteiger partial charge on any atom is -0.392 e. The monoisotopic (exact) mass is 754 g/mol. The molecule has 2 saturated heterocycles. The maximum absolute atomic E-state index is 13.8. The number of hydrogen-bond donors (Lipinski definition) is 5. The molecule has 0 radical (unpaired) electrons.